The second kappa shape index (κ2) is 33.0. The molecule has 0 atom stereocenters. The van der Waals surface area contributed by atoms with Gasteiger partial charge in [0, 0.05) is 0 Å². The van der Waals surface area contributed by atoms with Crippen molar-refractivity contribution < 1.29 is 0 Å². The van der Waals surface area contributed by atoms with E-state index in [4.69, 9.17) is 0 Å². The number of hydrogen-bond acceptors (Lipinski definition) is 0. The van der Waals surface area contributed by atoms with Crippen LogP contribution in [0.25, 0.3) is 0 Å². The molecule has 154 valence electrons. The van der Waals surface area contributed by atoms with Crippen LogP contribution in [0.15, 0.2) is 0 Å². The summed E-state index contributed by atoms with van der Waals surface area (Å²) >= 11 is -0.362. The molecule has 0 heterocycles. The average molecular weight is 407 g/mol. The molecular formula is C22H53Al2Cl. The lowest BCUT2D eigenvalue weighted by molar-refractivity contribution is 0.672. The highest BCUT2D eigenvalue weighted by Gasteiger charge is 2.15. The van der Waals surface area contributed by atoms with Crippen molar-refractivity contribution in [3.05, 3.63) is 0 Å². The van der Waals surface area contributed by atoms with Crippen molar-refractivity contribution in [2.45, 2.75) is 140 Å². The Kier molecular flexibility index (Phi) is 44.7. The van der Waals surface area contributed by atoms with Crippen LogP contribution in [0.3, 0.4) is 0 Å². The SMILES string of the molecule is CCCC.CCCCC[CH2][Al]([CH2]CCCCC)[CH2]CCCCC.Cl.[AlH3]. The first-order chi connectivity index (χ1) is 11.3. The molecule has 0 bridgehead atoms. The normalized spacial score (nSPS) is 9.48. The third-order valence-electron chi connectivity index (χ3n) is 4.90. The highest BCUT2D eigenvalue weighted by molar-refractivity contribution is 6.58. The standard InChI is InChI=1S/3C6H13.C4H10.2Al.ClH.3H/c3*1-3-5-6-4-2;1-3-4-2;;;;;;/h3*1,3-6H2,2H3;3-4H2,1-2H3;;;1H;;;. The molecule has 0 saturated carbocycles. The molecule has 0 aromatic heterocycles. The molecule has 0 spiro atoms. The zero-order valence-electron chi connectivity index (χ0n) is 18.0. The molecule has 0 radical (unpaired) electrons. The molecule has 0 nitrogen and oxygen atoms in total. The first-order valence-electron chi connectivity index (χ1n) is 11.3. The van der Waals surface area contributed by atoms with Gasteiger partial charge in [-0.05, 0) is 0 Å². The van der Waals surface area contributed by atoms with Crippen LogP contribution < -0.4 is 0 Å². The molecule has 0 amide bonds. The van der Waals surface area contributed by atoms with Gasteiger partial charge in [-0.25, -0.2) is 0 Å². The number of hydrogen-bond donors (Lipinski definition) is 0. The average Bonchev–Trinajstić information content (AvgIpc) is 2.58. The first-order valence-corrected chi connectivity index (χ1v) is 13.7. The summed E-state index contributed by atoms with van der Waals surface area (Å²) < 4.78 is 0. The lowest BCUT2D eigenvalue weighted by atomic mass is 10.2. The molecule has 0 aliphatic carbocycles. The van der Waals surface area contributed by atoms with Crippen LogP contribution in [0, 0.1) is 0 Å². The van der Waals surface area contributed by atoms with E-state index in [0.717, 1.165) is 0 Å². The summed E-state index contributed by atoms with van der Waals surface area (Å²) in [6.07, 6.45) is 20.4. The molecule has 25 heavy (non-hydrogen) atoms. The van der Waals surface area contributed by atoms with Gasteiger partial charge in [-0.2, -0.15) is 0 Å². The van der Waals surface area contributed by atoms with Gasteiger partial charge in [0.05, 0.1) is 0 Å². The summed E-state index contributed by atoms with van der Waals surface area (Å²) in [6, 6.07) is 0. The van der Waals surface area contributed by atoms with E-state index in [-0.39, 0.29) is 43.9 Å². The smallest absolute Gasteiger partial charge is 0.147 e. The predicted molar refractivity (Wildman–Crippen MR) is 130 cm³/mol. The van der Waals surface area contributed by atoms with Crippen molar-refractivity contribution in [2.24, 2.45) is 0 Å². The fourth-order valence-electron chi connectivity index (χ4n) is 3.01. The van der Waals surface area contributed by atoms with E-state index in [0.29, 0.717) is 0 Å². The largest absolute Gasteiger partial charge is 0.261 e. The van der Waals surface area contributed by atoms with Crippen molar-refractivity contribution in [2.75, 3.05) is 0 Å². The van der Waals surface area contributed by atoms with Gasteiger partial charge in [-0.3, -0.25) is 0 Å². The maximum absolute atomic E-state index is 2.32. The minimum Gasteiger partial charge on any atom is -0.147 e. The van der Waals surface area contributed by atoms with Crippen molar-refractivity contribution in [1.82, 2.24) is 0 Å². The van der Waals surface area contributed by atoms with Crippen LogP contribution in [0.1, 0.15) is 125 Å². The van der Waals surface area contributed by atoms with E-state index in [2.05, 4.69) is 34.6 Å². The highest BCUT2D eigenvalue weighted by atomic mass is 35.5. The van der Waals surface area contributed by atoms with E-state index in [1.165, 1.54) is 70.6 Å². The lowest BCUT2D eigenvalue weighted by Gasteiger charge is -2.11. The van der Waals surface area contributed by atoms with Crippen LogP contribution in [-0.2, 0) is 0 Å². The van der Waals surface area contributed by atoms with Gasteiger partial charge in [0.2, 0.25) is 0 Å². The molecular weight excluding hydrogens is 354 g/mol. The predicted octanol–water partition coefficient (Wildman–Crippen LogP) is 8.27. The Bertz CT molecular complexity index is 158. The maximum Gasteiger partial charge on any atom is 0.261 e. The minimum absolute atomic E-state index is 0. The lowest BCUT2D eigenvalue weighted by Crippen LogP contribution is -2.11. The van der Waals surface area contributed by atoms with Gasteiger partial charge >= 0.3 is 0 Å². The molecule has 0 aromatic rings. The Morgan fingerprint density at radius 3 is 0.880 bits per heavy atom. The van der Waals surface area contributed by atoms with Gasteiger partial charge in [0.15, 0.2) is 17.4 Å². The van der Waals surface area contributed by atoms with Crippen LogP contribution >= 0.6 is 12.4 Å². The third-order valence-corrected chi connectivity index (χ3v) is 8.57. The molecule has 0 fully saturated rings. The number of unbranched alkanes of at least 4 members (excludes halogenated alkanes) is 10. The monoisotopic (exact) mass is 406 g/mol. The number of rotatable bonds is 16. The molecule has 0 aliphatic heterocycles. The minimum atomic E-state index is -0.362. The summed E-state index contributed by atoms with van der Waals surface area (Å²) in [5.74, 6) is 0. The summed E-state index contributed by atoms with van der Waals surface area (Å²) in [7, 11) is 0. The fraction of sp³-hybridized carbons (Fsp3) is 1.00. The fourth-order valence-corrected chi connectivity index (χ4v) is 6.48. The van der Waals surface area contributed by atoms with Gasteiger partial charge in [0.25, 0.3) is 14.1 Å². The molecule has 0 rings (SSSR count). The van der Waals surface area contributed by atoms with Crippen molar-refractivity contribution in [1.29, 1.82) is 0 Å². The Morgan fingerprint density at radius 1 is 0.400 bits per heavy atom. The van der Waals surface area contributed by atoms with Gasteiger partial charge in [-0.15, -0.1) is 12.4 Å². The van der Waals surface area contributed by atoms with Gasteiger partial charge in [-0.1, -0.05) is 140 Å². The van der Waals surface area contributed by atoms with Gasteiger partial charge in [0.1, 0.15) is 0 Å². The van der Waals surface area contributed by atoms with E-state index in [1.54, 1.807) is 35.1 Å². The second-order valence-corrected chi connectivity index (χ2v) is 10.9. The molecule has 0 N–H and O–H groups in total. The molecule has 0 aliphatic rings. The summed E-state index contributed by atoms with van der Waals surface area (Å²) in [5, 5.41) is 4.95. The van der Waals surface area contributed by atoms with Crippen LogP contribution in [-0.4, -0.2) is 31.5 Å². The summed E-state index contributed by atoms with van der Waals surface area (Å²) in [6.45, 7) is 11.3. The van der Waals surface area contributed by atoms with Crippen LogP contribution in [0.2, 0.25) is 15.8 Å². The first kappa shape index (κ1) is 33.9. The Balaban J connectivity index is -0.000000330. The maximum atomic E-state index is 2.32. The van der Waals surface area contributed by atoms with Crippen molar-refractivity contribution in [3.63, 3.8) is 0 Å². The highest BCUT2D eigenvalue weighted by Crippen LogP contribution is 2.19. The Hall–Kier alpha value is 1.35. The van der Waals surface area contributed by atoms with Crippen molar-refractivity contribution in [3.8, 4) is 0 Å². The topological polar surface area (TPSA) is 0 Å². The Labute approximate surface area is 183 Å². The summed E-state index contributed by atoms with van der Waals surface area (Å²) in [4.78, 5) is 0. The van der Waals surface area contributed by atoms with Crippen molar-refractivity contribution >= 4 is 43.9 Å². The van der Waals surface area contributed by atoms with E-state index in [1.807, 2.05) is 0 Å². The zero-order valence-corrected chi connectivity index (χ0v) is 20.0. The molecule has 0 unspecified atom stereocenters. The third kappa shape index (κ3) is 33.4. The zero-order chi connectivity index (χ0) is 17.6. The van der Waals surface area contributed by atoms with Crippen LogP contribution in [0.5, 0.6) is 0 Å². The van der Waals surface area contributed by atoms with Crippen LogP contribution in [0.4, 0.5) is 0 Å². The molecule has 3 heteroatoms. The van der Waals surface area contributed by atoms with E-state index >= 15 is 0 Å². The van der Waals surface area contributed by atoms with E-state index in [9.17, 15) is 0 Å². The second-order valence-electron chi connectivity index (χ2n) is 7.41. The number of halogens is 1. The Morgan fingerprint density at radius 2 is 0.680 bits per heavy atom. The van der Waals surface area contributed by atoms with Gasteiger partial charge < -0.3 is 0 Å². The summed E-state index contributed by atoms with van der Waals surface area (Å²) in [5.41, 5.74) is 0. The molecule has 0 saturated heterocycles. The quantitative estimate of drug-likeness (QED) is 0.179. The molecule has 0 aromatic carbocycles. The van der Waals surface area contributed by atoms with E-state index < -0.39 is 0 Å².